The molecule has 0 spiro atoms. The van der Waals surface area contributed by atoms with Gasteiger partial charge >= 0.3 is 0 Å². The van der Waals surface area contributed by atoms with Crippen molar-refractivity contribution >= 4 is 17.2 Å². The van der Waals surface area contributed by atoms with Crippen LogP contribution >= 0.6 is 12.2 Å². The molecule has 80 valence electrons. The van der Waals surface area contributed by atoms with E-state index in [0.717, 1.165) is 29.4 Å². The normalized spacial score (nSPS) is 15.4. The topological polar surface area (TPSA) is 12.5 Å². The average molecular weight is 221 g/mol. The van der Waals surface area contributed by atoms with E-state index in [-0.39, 0.29) is 0 Å². The standard InChI is InChI=1S/C12H15NOS/c1-14-11-7-3-2-6-10(11)12(15)13-8-4-5-9-13/h2-3,6-7H,4-5,8-9H2,1H3. The minimum absolute atomic E-state index is 0.870. The molecule has 0 amide bonds. The number of hydrogen-bond donors (Lipinski definition) is 0. The number of nitrogens with zero attached hydrogens (tertiary/aromatic N) is 1. The van der Waals surface area contributed by atoms with E-state index in [0.29, 0.717) is 0 Å². The zero-order chi connectivity index (χ0) is 10.7. The van der Waals surface area contributed by atoms with E-state index in [1.165, 1.54) is 12.8 Å². The maximum Gasteiger partial charge on any atom is 0.129 e. The number of benzene rings is 1. The molecule has 0 saturated carbocycles. The van der Waals surface area contributed by atoms with Crippen LogP contribution in [0.1, 0.15) is 18.4 Å². The molecule has 1 aliphatic heterocycles. The molecule has 1 aromatic rings. The molecule has 0 unspecified atom stereocenters. The quantitative estimate of drug-likeness (QED) is 0.712. The van der Waals surface area contributed by atoms with Crippen molar-refractivity contribution in [3.8, 4) is 5.75 Å². The number of hydrogen-bond acceptors (Lipinski definition) is 2. The van der Waals surface area contributed by atoms with Gasteiger partial charge in [-0.15, -0.1) is 0 Å². The lowest BCUT2D eigenvalue weighted by Crippen LogP contribution is -2.26. The van der Waals surface area contributed by atoms with Crippen LogP contribution in [0.3, 0.4) is 0 Å². The Bertz CT molecular complexity index is 358. The number of ether oxygens (including phenoxy) is 1. The maximum atomic E-state index is 5.48. The zero-order valence-corrected chi connectivity index (χ0v) is 9.72. The average Bonchev–Trinajstić information content (AvgIpc) is 2.81. The Labute approximate surface area is 95.8 Å². The molecule has 2 nitrogen and oxygen atoms in total. The van der Waals surface area contributed by atoms with Crippen LogP contribution in [-0.2, 0) is 0 Å². The fourth-order valence-electron chi connectivity index (χ4n) is 1.91. The van der Waals surface area contributed by atoms with Crippen molar-refractivity contribution in [2.24, 2.45) is 0 Å². The van der Waals surface area contributed by atoms with E-state index in [1.54, 1.807) is 7.11 Å². The molecule has 1 aromatic carbocycles. The van der Waals surface area contributed by atoms with Crippen LogP contribution in [0.2, 0.25) is 0 Å². The fraction of sp³-hybridized carbons (Fsp3) is 0.417. The summed E-state index contributed by atoms with van der Waals surface area (Å²) in [6.45, 7) is 2.16. The summed E-state index contributed by atoms with van der Waals surface area (Å²) in [7, 11) is 1.69. The van der Waals surface area contributed by atoms with Crippen LogP contribution in [0.25, 0.3) is 0 Å². The fourth-order valence-corrected chi connectivity index (χ4v) is 2.26. The first kappa shape index (κ1) is 10.4. The minimum atomic E-state index is 0.870. The molecule has 1 fully saturated rings. The predicted molar refractivity (Wildman–Crippen MR) is 65.5 cm³/mol. The summed E-state index contributed by atoms with van der Waals surface area (Å²) in [5, 5.41) is 0. The third-order valence-corrected chi connectivity index (χ3v) is 3.21. The van der Waals surface area contributed by atoms with E-state index >= 15 is 0 Å². The van der Waals surface area contributed by atoms with Crippen LogP contribution in [0.4, 0.5) is 0 Å². The first-order chi connectivity index (χ1) is 7.33. The van der Waals surface area contributed by atoms with Gasteiger partial charge in [-0.25, -0.2) is 0 Å². The van der Waals surface area contributed by atoms with Crippen LogP contribution < -0.4 is 4.74 Å². The molecule has 1 aliphatic rings. The van der Waals surface area contributed by atoms with E-state index < -0.39 is 0 Å². The van der Waals surface area contributed by atoms with Crippen molar-refractivity contribution in [1.29, 1.82) is 0 Å². The van der Waals surface area contributed by atoms with Crippen molar-refractivity contribution in [3.05, 3.63) is 29.8 Å². The molecule has 0 bridgehead atoms. The van der Waals surface area contributed by atoms with Gasteiger partial charge in [0.15, 0.2) is 0 Å². The van der Waals surface area contributed by atoms with Gasteiger partial charge in [0.25, 0.3) is 0 Å². The minimum Gasteiger partial charge on any atom is -0.496 e. The molecule has 3 heteroatoms. The van der Waals surface area contributed by atoms with Gasteiger partial charge in [-0.05, 0) is 25.0 Å². The first-order valence-corrected chi connectivity index (χ1v) is 5.66. The highest BCUT2D eigenvalue weighted by Gasteiger charge is 2.18. The molecule has 0 N–H and O–H groups in total. The number of methoxy groups -OCH3 is 1. The highest BCUT2D eigenvalue weighted by atomic mass is 32.1. The molecule has 1 saturated heterocycles. The van der Waals surface area contributed by atoms with Crippen LogP contribution in [-0.4, -0.2) is 30.1 Å². The monoisotopic (exact) mass is 221 g/mol. The summed E-state index contributed by atoms with van der Waals surface area (Å²) in [6, 6.07) is 7.95. The van der Waals surface area contributed by atoms with Crippen LogP contribution in [0, 0.1) is 0 Å². The van der Waals surface area contributed by atoms with Crippen molar-refractivity contribution in [2.75, 3.05) is 20.2 Å². The Balaban J connectivity index is 2.24. The Morgan fingerprint density at radius 1 is 1.27 bits per heavy atom. The number of para-hydroxylation sites is 1. The van der Waals surface area contributed by atoms with E-state index in [4.69, 9.17) is 17.0 Å². The molecule has 0 aromatic heterocycles. The molecule has 0 atom stereocenters. The predicted octanol–water partition coefficient (Wildman–Crippen LogP) is 2.47. The van der Waals surface area contributed by atoms with Gasteiger partial charge in [0.2, 0.25) is 0 Å². The Hall–Kier alpha value is -1.09. The third kappa shape index (κ3) is 2.12. The summed E-state index contributed by atoms with van der Waals surface area (Å²) in [5.74, 6) is 0.870. The maximum absolute atomic E-state index is 5.48. The lowest BCUT2D eigenvalue weighted by atomic mass is 10.2. The van der Waals surface area contributed by atoms with Gasteiger partial charge in [-0.3, -0.25) is 0 Å². The van der Waals surface area contributed by atoms with Gasteiger partial charge in [-0.2, -0.15) is 0 Å². The zero-order valence-electron chi connectivity index (χ0n) is 8.90. The molecular formula is C12H15NOS. The number of likely N-dealkylation sites (tertiary alicyclic amines) is 1. The van der Waals surface area contributed by atoms with E-state index in [2.05, 4.69) is 4.90 Å². The lowest BCUT2D eigenvalue weighted by Gasteiger charge is -2.20. The Morgan fingerprint density at radius 2 is 1.93 bits per heavy atom. The Morgan fingerprint density at radius 3 is 2.60 bits per heavy atom. The van der Waals surface area contributed by atoms with Gasteiger partial charge in [-0.1, -0.05) is 24.4 Å². The molecule has 1 heterocycles. The van der Waals surface area contributed by atoms with Crippen molar-refractivity contribution < 1.29 is 4.74 Å². The van der Waals surface area contributed by atoms with Gasteiger partial charge in [0.05, 0.1) is 12.7 Å². The second-order valence-electron chi connectivity index (χ2n) is 3.70. The van der Waals surface area contributed by atoms with Crippen LogP contribution in [0.5, 0.6) is 5.75 Å². The van der Waals surface area contributed by atoms with Crippen molar-refractivity contribution in [3.63, 3.8) is 0 Å². The van der Waals surface area contributed by atoms with Crippen LogP contribution in [0.15, 0.2) is 24.3 Å². The summed E-state index contributed by atoms with van der Waals surface area (Å²) in [6.07, 6.45) is 2.49. The smallest absolute Gasteiger partial charge is 0.129 e. The highest BCUT2D eigenvalue weighted by molar-refractivity contribution is 7.80. The molecule has 15 heavy (non-hydrogen) atoms. The summed E-state index contributed by atoms with van der Waals surface area (Å²) in [5.41, 5.74) is 1.04. The number of rotatable bonds is 2. The van der Waals surface area contributed by atoms with Gasteiger partial charge < -0.3 is 9.64 Å². The summed E-state index contributed by atoms with van der Waals surface area (Å²) < 4.78 is 5.31. The molecule has 2 rings (SSSR count). The van der Waals surface area contributed by atoms with Crippen molar-refractivity contribution in [2.45, 2.75) is 12.8 Å². The van der Waals surface area contributed by atoms with Gasteiger partial charge in [0, 0.05) is 13.1 Å². The largest absolute Gasteiger partial charge is 0.496 e. The van der Waals surface area contributed by atoms with Crippen molar-refractivity contribution in [1.82, 2.24) is 4.90 Å². The number of thiocarbonyl (C=S) groups is 1. The van der Waals surface area contributed by atoms with Gasteiger partial charge in [0.1, 0.15) is 10.7 Å². The molecule has 0 aliphatic carbocycles. The lowest BCUT2D eigenvalue weighted by molar-refractivity contribution is 0.412. The second-order valence-corrected chi connectivity index (χ2v) is 4.09. The van der Waals surface area contributed by atoms with E-state index in [9.17, 15) is 0 Å². The molecule has 0 radical (unpaired) electrons. The summed E-state index contributed by atoms with van der Waals surface area (Å²) >= 11 is 5.48. The SMILES string of the molecule is COc1ccccc1C(=S)N1CCCC1. The molecular weight excluding hydrogens is 206 g/mol. The third-order valence-electron chi connectivity index (χ3n) is 2.73. The first-order valence-electron chi connectivity index (χ1n) is 5.25. The van der Waals surface area contributed by atoms with E-state index in [1.807, 2.05) is 24.3 Å². The second kappa shape index (κ2) is 4.62. The highest BCUT2D eigenvalue weighted by Crippen LogP contribution is 2.22. The Kier molecular flexibility index (Phi) is 3.21. The summed E-state index contributed by atoms with van der Waals surface area (Å²) in [4.78, 5) is 3.18.